The van der Waals surface area contributed by atoms with Crippen LogP contribution in [0, 0.1) is 27.7 Å². The summed E-state index contributed by atoms with van der Waals surface area (Å²) in [4.78, 5) is 8.04. The van der Waals surface area contributed by atoms with Crippen LogP contribution < -0.4 is 9.80 Å². The molecule has 0 N–H and O–H groups in total. The fourth-order valence-electron chi connectivity index (χ4n) is 10.5. The van der Waals surface area contributed by atoms with Gasteiger partial charge in [0.05, 0.1) is 11.4 Å². The molecule has 10 rings (SSSR count). The molecule has 0 aromatic heterocycles. The first kappa shape index (κ1) is 46.9. The van der Waals surface area contributed by atoms with Gasteiger partial charge < -0.3 is 9.80 Å². The number of nitrogens with zero attached hydrogens (tertiary/aromatic N) is 2. The summed E-state index contributed by atoms with van der Waals surface area (Å²) < 4.78 is 0. The lowest BCUT2D eigenvalue weighted by molar-refractivity contribution is 1.04. The molecule has 0 atom stereocenters. The molecule has 0 aliphatic heterocycles. The minimum absolute atomic E-state index is 1.07. The van der Waals surface area contributed by atoms with Crippen LogP contribution in [-0.2, 0) is 0 Å². The first-order valence-electron chi connectivity index (χ1n) is 24.2. The minimum atomic E-state index is -1.24. The quantitative estimate of drug-likeness (QED) is 0.126. The molecular weight excluding hydrogens is 861 g/mol. The van der Waals surface area contributed by atoms with Crippen molar-refractivity contribution in [1.82, 2.24) is 0 Å². The Morgan fingerprint density at radius 1 is 0.397 bits per heavy atom. The monoisotopic (exact) mass is 928 g/mol. The molecule has 0 heterocycles. The molecule has 0 spiro atoms. The van der Waals surface area contributed by atoms with Gasteiger partial charge in [0.15, 0.2) is 0 Å². The molecule has 68 heavy (non-hydrogen) atoms. The van der Waals surface area contributed by atoms with Crippen molar-refractivity contribution in [3.05, 3.63) is 198 Å². The zero-order valence-electron chi connectivity index (χ0n) is 42.3. The number of hydrogen-bond donors (Lipinski definition) is 0. The topological polar surface area (TPSA) is 6.48 Å². The van der Waals surface area contributed by atoms with Gasteiger partial charge in [0.25, 0.3) is 0 Å². The summed E-state index contributed by atoms with van der Waals surface area (Å²) in [7, 11) is -2.48. The Bertz CT molecular complexity index is 3380. The third-order valence-corrected chi connectivity index (χ3v) is 17.1. The third kappa shape index (κ3) is 8.30. The van der Waals surface area contributed by atoms with Crippen LogP contribution in [0.15, 0.2) is 180 Å². The minimum Gasteiger partial charge on any atom is -0.309 e. The van der Waals surface area contributed by atoms with E-state index < -0.39 is 20.1 Å². The average molecular weight is 929 g/mol. The molecule has 9 aromatic rings. The highest BCUT2D eigenvalue weighted by Crippen LogP contribution is 2.59. The number of benzene rings is 9. The Balaban J connectivity index is 0.00000285. The lowest BCUT2D eigenvalue weighted by Crippen LogP contribution is -2.15. The van der Waals surface area contributed by atoms with E-state index in [4.69, 9.17) is 0 Å². The summed E-state index contributed by atoms with van der Waals surface area (Å²) in [6, 6.07) is 57.4. The fraction of sp³-hybridized carbons (Fsp3) is 0.219. The van der Waals surface area contributed by atoms with Crippen molar-refractivity contribution >= 4 is 92.1 Å². The van der Waals surface area contributed by atoms with Crippen molar-refractivity contribution < 1.29 is 0 Å². The normalized spacial score (nSPS) is 13.4. The SMILES string of the molecule is CC.Cc1ccccc1N(c1cccc(C2=CCCC=C2)c1C)c1cc(S(C)(C)C)c2ccc3c(N(c4ccccc4C)c4cccc(-c5ccccc5)c4C)cc(S(C)(C)C)c4ccc1c2c34. The van der Waals surface area contributed by atoms with E-state index in [-0.39, 0.29) is 0 Å². The molecule has 1 aliphatic carbocycles. The first-order chi connectivity index (χ1) is 32.7. The van der Waals surface area contributed by atoms with E-state index >= 15 is 0 Å². The van der Waals surface area contributed by atoms with Gasteiger partial charge in [-0.15, -0.1) is 0 Å². The number of aryl methyl sites for hydroxylation is 2. The second-order valence-electron chi connectivity index (χ2n) is 19.7. The molecule has 0 unspecified atom stereocenters. The van der Waals surface area contributed by atoms with Crippen LogP contribution in [-0.4, -0.2) is 37.5 Å². The summed E-state index contributed by atoms with van der Waals surface area (Å²) in [6.45, 7) is 13.1. The molecule has 0 fully saturated rings. The number of rotatable bonds is 10. The summed E-state index contributed by atoms with van der Waals surface area (Å²) >= 11 is 0. The molecule has 346 valence electrons. The molecule has 0 radical (unpaired) electrons. The summed E-state index contributed by atoms with van der Waals surface area (Å²) in [5, 5.41) is 7.98. The van der Waals surface area contributed by atoms with Crippen LogP contribution in [0.1, 0.15) is 54.5 Å². The Morgan fingerprint density at radius 2 is 0.824 bits per heavy atom. The summed E-state index contributed by atoms with van der Waals surface area (Å²) in [5.74, 6) is 0. The largest absolute Gasteiger partial charge is 0.309 e. The van der Waals surface area contributed by atoms with Crippen molar-refractivity contribution in [3.8, 4) is 11.1 Å². The number of hydrogen-bond acceptors (Lipinski definition) is 2. The van der Waals surface area contributed by atoms with Gasteiger partial charge in [0.2, 0.25) is 0 Å². The zero-order chi connectivity index (χ0) is 48.1. The molecule has 2 nitrogen and oxygen atoms in total. The van der Waals surface area contributed by atoms with Gasteiger partial charge in [-0.25, -0.2) is 20.1 Å². The third-order valence-electron chi connectivity index (χ3n) is 13.8. The summed E-state index contributed by atoms with van der Waals surface area (Å²) in [5.41, 5.74) is 17.4. The standard InChI is InChI=1S/C62H62N2S2.C2H6/c1-41-23-17-19-31-53(41)63(55-33-21-29-47(43(55)3)45-25-13-11-14-26-45)57-39-59(65(5,6)7)51-38-36-50-58(40-60(66(8,9)10)52-37-35-49(57)61(51)62(50)52)64(54-32-20-18-24-42(54)2)56-34-22-30-48(44(56)4)46-27-15-12-16-28-46;1-2/h11,13-15,17-40H,12,16H2,1-10H3;1-2H3. The maximum absolute atomic E-state index is 2.59. The zero-order valence-corrected chi connectivity index (χ0v) is 43.9. The lowest BCUT2D eigenvalue weighted by atomic mass is 9.90. The molecular formula is C64H68N2S2. The highest BCUT2D eigenvalue weighted by atomic mass is 32.3. The van der Waals surface area contributed by atoms with Gasteiger partial charge in [-0.2, -0.15) is 0 Å². The number of para-hydroxylation sites is 2. The molecule has 0 saturated carbocycles. The van der Waals surface area contributed by atoms with E-state index in [0.717, 1.165) is 12.8 Å². The van der Waals surface area contributed by atoms with Crippen LogP contribution in [0.25, 0.3) is 49.0 Å². The van der Waals surface area contributed by atoms with Gasteiger partial charge in [-0.05, 0) is 180 Å². The van der Waals surface area contributed by atoms with E-state index in [1.165, 1.54) is 121 Å². The van der Waals surface area contributed by atoms with Crippen molar-refractivity contribution in [2.45, 2.75) is 64.2 Å². The smallest absolute Gasteiger partial charge is 0.0551 e. The van der Waals surface area contributed by atoms with Gasteiger partial charge in [0, 0.05) is 44.3 Å². The van der Waals surface area contributed by atoms with Gasteiger partial charge >= 0.3 is 0 Å². The Labute approximate surface area is 410 Å². The van der Waals surface area contributed by atoms with Crippen molar-refractivity contribution in [1.29, 1.82) is 0 Å². The van der Waals surface area contributed by atoms with E-state index in [1.54, 1.807) is 0 Å². The van der Waals surface area contributed by atoms with Gasteiger partial charge in [-0.1, -0.05) is 147 Å². The van der Waals surface area contributed by atoms with E-state index in [2.05, 4.69) is 245 Å². The highest BCUT2D eigenvalue weighted by Gasteiger charge is 2.30. The van der Waals surface area contributed by atoms with Gasteiger partial charge in [0.1, 0.15) is 0 Å². The Hall–Kier alpha value is -6.20. The van der Waals surface area contributed by atoms with Crippen LogP contribution in [0.3, 0.4) is 0 Å². The average Bonchev–Trinajstić information content (AvgIpc) is 3.34. The van der Waals surface area contributed by atoms with Crippen molar-refractivity contribution in [3.63, 3.8) is 0 Å². The van der Waals surface area contributed by atoms with Crippen LogP contribution in [0.5, 0.6) is 0 Å². The Morgan fingerprint density at radius 3 is 1.28 bits per heavy atom. The van der Waals surface area contributed by atoms with E-state index in [1.807, 2.05) is 13.8 Å². The van der Waals surface area contributed by atoms with Gasteiger partial charge in [-0.3, -0.25) is 0 Å². The predicted molar refractivity (Wildman–Crippen MR) is 309 cm³/mol. The van der Waals surface area contributed by atoms with E-state index in [9.17, 15) is 0 Å². The predicted octanol–water partition coefficient (Wildman–Crippen LogP) is 19.3. The maximum atomic E-state index is 2.59. The maximum Gasteiger partial charge on any atom is 0.0551 e. The fourth-order valence-corrected chi connectivity index (χ4v) is 13.1. The van der Waals surface area contributed by atoms with Crippen LogP contribution in [0.4, 0.5) is 34.1 Å². The van der Waals surface area contributed by atoms with Crippen molar-refractivity contribution in [2.24, 2.45) is 0 Å². The highest BCUT2D eigenvalue weighted by molar-refractivity contribution is 8.32. The Kier molecular flexibility index (Phi) is 12.9. The van der Waals surface area contributed by atoms with E-state index in [0.29, 0.717) is 0 Å². The molecule has 0 amide bonds. The molecule has 0 bridgehead atoms. The second-order valence-corrected chi connectivity index (χ2v) is 27.9. The summed E-state index contributed by atoms with van der Waals surface area (Å²) in [6.07, 6.45) is 24.0. The number of anilines is 6. The lowest BCUT2D eigenvalue weighted by Gasteiger charge is -2.36. The first-order valence-corrected chi connectivity index (χ1v) is 29.9. The molecule has 4 heteroatoms. The molecule has 9 aromatic carbocycles. The number of allylic oxidation sites excluding steroid dienone is 4. The molecule has 1 aliphatic rings. The second kappa shape index (κ2) is 18.7. The van der Waals surface area contributed by atoms with Crippen LogP contribution in [0.2, 0.25) is 0 Å². The molecule has 0 saturated heterocycles. The van der Waals surface area contributed by atoms with Crippen molar-refractivity contribution in [2.75, 3.05) is 47.3 Å². The van der Waals surface area contributed by atoms with Crippen LogP contribution >= 0.6 is 20.1 Å².